The first-order valence-corrected chi connectivity index (χ1v) is 4.03. The molecular weight excluding hydrogens is 174 g/mol. The number of hydrogen-bond acceptors (Lipinski definition) is 5. The van der Waals surface area contributed by atoms with Crippen LogP contribution in [0.5, 0.6) is 0 Å². The van der Waals surface area contributed by atoms with Crippen LogP contribution >= 0.6 is 0 Å². The molecule has 1 unspecified atom stereocenters. The van der Waals surface area contributed by atoms with Crippen molar-refractivity contribution in [1.82, 2.24) is 0 Å². The van der Waals surface area contributed by atoms with Gasteiger partial charge in [-0.25, -0.2) is 4.79 Å². The molecule has 72 valence electrons. The third-order valence-electron chi connectivity index (χ3n) is 1.65. The van der Waals surface area contributed by atoms with E-state index >= 15 is 0 Å². The molecule has 0 radical (unpaired) electrons. The molecule has 1 rings (SSSR count). The van der Waals surface area contributed by atoms with Crippen molar-refractivity contribution in [2.45, 2.75) is 32.8 Å². The molecule has 0 aromatic rings. The Bertz CT molecular complexity index is 259. The van der Waals surface area contributed by atoms with Gasteiger partial charge in [-0.1, -0.05) is 5.16 Å². The largest absolute Gasteiger partial charge is 0.456 e. The summed E-state index contributed by atoms with van der Waals surface area (Å²) in [7, 11) is 0. The van der Waals surface area contributed by atoms with Gasteiger partial charge < -0.3 is 9.57 Å². The van der Waals surface area contributed by atoms with Crippen molar-refractivity contribution < 1.29 is 19.2 Å². The van der Waals surface area contributed by atoms with E-state index in [1.807, 2.05) is 0 Å². The minimum absolute atomic E-state index is 0.241. The number of esters is 1. The van der Waals surface area contributed by atoms with E-state index in [1.165, 1.54) is 6.92 Å². The number of carbonyl (C=O) groups is 2. The molecule has 5 heteroatoms. The van der Waals surface area contributed by atoms with Gasteiger partial charge in [0.05, 0.1) is 12.1 Å². The Morgan fingerprint density at radius 3 is 2.85 bits per heavy atom. The van der Waals surface area contributed by atoms with Crippen LogP contribution in [0.25, 0.3) is 0 Å². The molecule has 0 aromatic carbocycles. The van der Waals surface area contributed by atoms with Crippen LogP contribution in [0, 0.1) is 0 Å². The van der Waals surface area contributed by atoms with Crippen LogP contribution in [0.15, 0.2) is 5.16 Å². The summed E-state index contributed by atoms with van der Waals surface area (Å²) in [6.45, 7) is 2.96. The van der Waals surface area contributed by atoms with E-state index in [0.717, 1.165) is 0 Å². The average Bonchev–Trinajstić information content (AvgIpc) is 2.02. The second-order valence-corrected chi connectivity index (χ2v) is 2.80. The highest BCUT2D eigenvalue weighted by Crippen LogP contribution is 2.11. The molecule has 0 aromatic heterocycles. The Morgan fingerprint density at radius 2 is 2.31 bits per heavy atom. The van der Waals surface area contributed by atoms with Crippen molar-refractivity contribution in [3.8, 4) is 0 Å². The molecule has 1 saturated heterocycles. The normalized spacial score (nSPS) is 25.5. The smallest absolute Gasteiger partial charge is 0.331 e. The molecule has 0 aliphatic carbocycles. The van der Waals surface area contributed by atoms with E-state index in [2.05, 4.69) is 9.99 Å². The molecule has 1 atom stereocenters. The summed E-state index contributed by atoms with van der Waals surface area (Å²) >= 11 is 0. The van der Waals surface area contributed by atoms with Crippen molar-refractivity contribution in [3.63, 3.8) is 0 Å². The molecule has 0 spiro atoms. The number of rotatable bonds is 1. The Morgan fingerprint density at radius 1 is 1.62 bits per heavy atom. The van der Waals surface area contributed by atoms with Crippen LogP contribution in [0.1, 0.15) is 26.7 Å². The predicted octanol–water partition coefficient (Wildman–Crippen LogP) is 0.631. The fourth-order valence-corrected chi connectivity index (χ4v) is 1.00. The zero-order chi connectivity index (χ0) is 9.84. The van der Waals surface area contributed by atoms with Gasteiger partial charge in [-0.15, -0.1) is 0 Å². The van der Waals surface area contributed by atoms with E-state index in [-0.39, 0.29) is 12.1 Å². The highest BCUT2D eigenvalue weighted by atomic mass is 16.7. The lowest BCUT2D eigenvalue weighted by Gasteiger charge is -2.19. The minimum Gasteiger partial charge on any atom is -0.456 e. The van der Waals surface area contributed by atoms with Crippen LogP contribution < -0.4 is 0 Å². The van der Waals surface area contributed by atoms with Crippen LogP contribution in [0.3, 0.4) is 0 Å². The standard InChI is InChI=1S/C8H11NO4/c1-5-7(9-13-6(2)10)3-4-8(11)12-5/h5H,3-4H2,1-2H3. The van der Waals surface area contributed by atoms with Gasteiger partial charge in [0, 0.05) is 13.3 Å². The van der Waals surface area contributed by atoms with Gasteiger partial charge in [-0.3, -0.25) is 4.79 Å². The van der Waals surface area contributed by atoms with Gasteiger partial charge in [0.25, 0.3) is 0 Å². The molecular formula is C8H11NO4. The number of ether oxygens (including phenoxy) is 1. The predicted molar refractivity (Wildman–Crippen MR) is 44.0 cm³/mol. The van der Waals surface area contributed by atoms with Crippen molar-refractivity contribution in [2.75, 3.05) is 0 Å². The monoisotopic (exact) mass is 185 g/mol. The molecule has 13 heavy (non-hydrogen) atoms. The van der Waals surface area contributed by atoms with E-state index in [4.69, 9.17) is 4.74 Å². The molecule has 1 aliphatic rings. The lowest BCUT2D eigenvalue weighted by Crippen LogP contribution is -2.30. The summed E-state index contributed by atoms with van der Waals surface area (Å²) in [5.41, 5.74) is 0.592. The van der Waals surface area contributed by atoms with E-state index in [1.54, 1.807) is 6.92 Å². The van der Waals surface area contributed by atoms with Crippen LogP contribution in [-0.4, -0.2) is 23.8 Å². The van der Waals surface area contributed by atoms with Gasteiger partial charge >= 0.3 is 11.9 Å². The van der Waals surface area contributed by atoms with Crippen molar-refractivity contribution >= 4 is 17.7 Å². The Kier molecular flexibility index (Phi) is 3.00. The lowest BCUT2D eigenvalue weighted by molar-refractivity contribution is -0.147. The van der Waals surface area contributed by atoms with Gasteiger partial charge in [-0.2, -0.15) is 0 Å². The summed E-state index contributed by atoms with van der Waals surface area (Å²) in [6, 6.07) is 0. The number of hydrogen-bond donors (Lipinski definition) is 0. The molecule has 0 amide bonds. The Labute approximate surface area is 75.7 Å². The maximum Gasteiger partial charge on any atom is 0.331 e. The topological polar surface area (TPSA) is 65.0 Å². The number of cyclic esters (lactones) is 1. The summed E-state index contributed by atoms with van der Waals surface area (Å²) in [4.78, 5) is 25.6. The highest BCUT2D eigenvalue weighted by molar-refractivity contribution is 5.95. The van der Waals surface area contributed by atoms with Crippen LogP contribution in [0.2, 0.25) is 0 Å². The first-order chi connectivity index (χ1) is 6.09. The summed E-state index contributed by atoms with van der Waals surface area (Å²) in [5.74, 6) is -0.717. The average molecular weight is 185 g/mol. The third-order valence-corrected chi connectivity index (χ3v) is 1.65. The van der Waals surface area contributed by atoms with Gasteiger partial charge in [0.2, 0.25) is 0 Å². The number of nitrogens with zero attached hydrogens (tertiary/aromatic N) is 1. The molecule has 0 N–H and O–H groups in total. The first-order valence-electron chi connectivity index (χ1n) is 4.03. The van der Waals surface area contributed by atoms with Crippen molar-refractivity contribution in [2.24, 2.45) is 5.16 Å². The fraction of sp³-hybridized carbons (Fsp3) is 0.625. The summed E-state index contributed by atoms with van der Waals surface area (Å²) in [5, 5.41) is 3.59. The Hall–Kier alpha value is -1.39. The Balaban J connectivity index is 2.55. The highest BCUT2D eigenvalue weighted by Gasteiger charge is 2.23. The molecule has 5 nitrogen and oxygen atoms in total. The molecule has 1 aliphatic heterocycles. The maximum atomic E-state index is 10.8. The number of carbonyl (C=O) groups excluding carboxylic acids is 2. The quantitative estimate of drug-likeness (QED) is 0.341. The van der Waals surface area contributed by atoms with Gasteiger partial charge in [0.15, 0.2) is 0 Å². The fourth-order valence-electron chi connectivity index (χ4n) is 1.00. The van der Waals surface area contributed by atoms with E-state index in [9.17, 15) is 9.59 Å². The maximum absolute atomic E-state index is 10.8. The second-order valence-electron chi connectivity index (χ2n) is 2.80. The molecule has 1 heterocycles. The van der Waals surface area contributed by atoms with Crippen LogP contribution in [0.4, 0.5) is 0 Å². The van der Waals surface area contributed by atoms with Gasteiger partial charge in [-0.05, 0) is 6.92 Å². The van der Waals surface area contributed by atoms with Crippen LogP contribution in [-0.2, 0) is 19.2 Å². The summed E-state index contributed by atoms with van der Waals surface area (Å²) < 4.78 is 4.87. The minimum atomic E-state index is -0.475. The summed E-state index contributed by atoms with van der Waals surface area (Å²) in [6.07, 6.45) is 0.401. The zero-order valence-electron chi connectivity index (χ0n) is 7.57. The second kappa shape index (κ2) is 4.02. The van der Waals surface area contributed by atoms with Crippen molar-refractivity contribution in [3.05, 3.63) is 0 Å². The van der Waals surface area contributed by atoms with E-state index in [0.29, 0.717) is 18.6 Å². The first kappa shape index (κ1) is 9.70. The SMILES string of the molecule is CC(=O)ON=C1CCC(=O)OC1C. The molecule has 0 bridgehead atoms. The molecule has 0 saturated carbocycles. The van der Waals surface area contributed by atoms with Gasteiger partial charge in [0.1, 0.15) is 6.10 Å². The molecule has 1 fully saturated rings. The van der Waals surface area contributed by atoms with E-state index < -0.39 is 5.97 Å². The lowest BCUT2D eigenvalue weighted by atomic mass is 10.1. The zero-order valence-corrected chi connectivity index (χ0v) is 7.57. The number of oxime groups is 1. The van der Waals surface area contributed by atoms with Crippen molar-refractivity contribution in [1.29, 1.82) is 0 Å². The third kappa shape index (κ3) is 2.85.